The molecular weight excluding hydrogens is 362 g/mol. The van der Waals surface area contributed by atoms with Crippen LogP contribution >= 0.6 is 15.9 Å². The van der Waals surface area contributed by atoms with Crippen LogP contribution in [0.2, 0.25) is 0 Å². The van der Waals surface area contributed by atoms with E-state index in [1.165, 1.54) is 10.1 Å². The van der Waals surface area contributed by atoms with Crippen LogP contribution < -0.4 is 16.6 Å². The Balaban J connectivity index is 1.78. The molecule has 2 N–H and O–H groups in total. The second-order valence-corrected chi connectivity index (χ2v) is 5.89. The summed E-state index contributed by atoms with van der Waals surface area (Å²) >= 11 is 3.36. The molecular formula is C15H16BrN5O2. The minimum Gasteiger partial charge on any atom is -0.311 e. The molecule has 8 heteroatoms. The molecule has 0 radical (unpaired) electrons. The lowest BCUT2D eigenvalue weighted by Crippen LogP contribution is -2.30. The van der Waals surface area contributed by atoms with Gasteiger partial charge in [-0.1, -0.05) is 30.3 Å². The normalized spacial score (nSPS) is 11.2. The number of nitrogens with zero attached hydrogens (tertiary/aromatic N) is 3. The highest BCUT2D eigenvalue weighted by Crippen LogP contribution is 2.15. The predicted molar refractivity (Wildman–Crippen MR) is 91.4 cm³/mol. The fourth-order valence-electron chi connectivity index (χ4n) is 2.43. The quantitative estimate of drug-likeness (QED) is 0.512. The van der Waals surface area contributed by atoms with Crippen LogP contribution in [0.4, 0.5) is 0 Å². The van der Waals surface area contributed by atoms with E-state index in [4.69, 9.17) is 0 Å². The molecule has 0 spiro atoms. The molecule has 3 rings (SSSR count). The summed E-state index contributed by atoms with van der Waals surface area (Å²) in [5.41, 5.74) is 1.06. The number of aromatic nitrogens is 4. The minimum absolute atomic E-state index is 0.369. The van der Waals surface area contributed by atoms with Crippen LogP contribution in [0.3, 0.4) is 0 Å². The molecule has 0 bridgehead atoms. The maximum absolute atomic E-state index is 12.1. The highest BCUT2D eigenvalue weighted by atomic mass is 79.9. The molecule has 2 heterocycles. The number of benzene rings is 1. The molecule has 23 heavy (non-hydrogen) atoms. The first-order valence-corrected chi connectivity index (χ1v) is 7.97. The highest BCUT2D eigenvalue weighted by molar-refractivity contribution is 9.10. The number of H-pyrrole nitrogens is 1. The molecule has 0 fully saturated rings. The highest BCUT2D eigenvalue weighted by Gasteiger charge is 2.15. The van der Waals surface area contributed by atoms with E-state index >= 15 is 0 Å². The number of hydrogen-bond donors (Lipinski definition) is 2. The van der Waals surface area contributed by atoms with Crippen molar-refractivity contribution in [2.45, 2.75) is 13.1 Å². The van der Waals surface area contributed by atoms with Crippen molar-refractivity contribution >= 4 is 27.1 Å². The molecule has 0 aliphatic rings. The van der Waals surface area contributed by atoms with Gasteiger partial charge in [0.05, 0.1) is 0 Å². The van der Waals surface area contributed by atoms with Crippen LogP contribution in [-0.4, -0.2) is 25.6 Å². The molecule has 0 unspecified atom stereocenters. The van der Waals surface area contributed by atoms with Crippen LogP contribution in [-0.2, 0) is 20.1 Å². The van der Waals surface area contributed by atoms with Gasteiger partial charge in [0.15, 0.2) is 15.9 Å². The predicted octanol–water partition coefficient (Wildman–Crippen LogP) is 0.976. The van der Waals surface area contributed by atoms with Crippen LogP contribution in [0, 0.1) is 0 Å². The van der Waals surface area contributed by atoms with Gasteiger partial charge in [-0.2, -0.15) is 0 Å². The second kappa shape index (κ2) is 6.51. The van der Waals surface area contributed by atoms with Gasteiger partial charge in [0.2, 0.25) is 0 Å². The average Bonchev–Trinajstić information content (AvgIpc) is 2.88. The van der Waals surface area contributed by atoms with E-state index in [2.05, 4.69) is 43.3 Å². The van der Waals surface area contributed by atoms with E-state index in [0.29, 0.717) is 29.0 Å². The van der Waals surface area contributed by atoms with Crippen molar-refractivity contribution in [2.75, 3.05) is 6.54 Å². The first-order chi connectivity index (χ1) is 11.1. The van der Waals surface area contributed by atoms with Gasteiger partial charge in [-0.25, -0.2) is 9.78 Å². The third-order valence-electron chi connectivity index (χ3n) is 3.64. The lowest BCUT2D eigenvalue weighted by molar-refractivity contribution is 0.599. The maximum atomic E-state index is 12.1. The number of halogens is 1. The third-order valence-corrected chi connectivity index (χ3v) is 4.25. The Morgan fingerprint density at radius 3 is 2.74 bits per heavy atom. The SMILES string of the molecule is Cn1c(=O)[nH]c(=O)c2c1nc(Br)n2CCNCc1ccccc1. The molecule has 0 aliphatic carbocycles. The van der Waals surface area contributed by atoms with Crippen molar-refractivity contribution in [1.82, 2.24) is 24.4 Å². The number of aromatic amines is 1. The molecule has 7 nitrogen and oxygen atoms in total. The Morgan fingerprint density at radius 2 is 2.00 bits per heavy atom. The molecule has 3 aromatic rings. The van der Waals surface area contributed by atoms with Gasteiger partial charge < -0.3 is 9.88 Å². The van der Waals surface area contributed by atoms with Gasteiger partial charge >= 0.3 is 5.69 Å². The van der Waals surface area contributed by atoms with Gasteiger partial charge in [0, 0.05) is 26.7 Å². The maximum Gasteiger partial charge on any atom is 0.329 e. The number of hydrogen-bond acceptors (Lipinski definition) is 4. The minimum atomic E-state index is -0.471. The van der Waals surface area contributed by atoms with Crippen LogP contribution in [0.1, 0.15) is 5.56 Å². The van der Waals surface area contributed by atoms with Crippen molar-refractivity contribution in [1.29, 1.82) is 0 Å². The van der Waals surface area contributed by atoms with Crippen LogP contribution in [0.25, 0.3) is 11.2 Å². The number of imidazole rings is 1. The lowest BCUT2D eigenvalue weighted by atomic mass is 10.2. The fourth-order valence-corrected chi connectivity index (χ4v) is 2.95. The lowest BCUT2D eigenvalue weighted by Gasteiger charge is -2.07. The summed E-state index contributed by atoms with van der Waals surface area (Å²) in [6.45, 7) is 1.98. The zero-order chi connectivity index (χ0) is 16.4. The number of nitrogens with one attached hydrogen (secondary N) is 2. The Kier molecular flexibility index (Phi) is 4.44. The smallest absolute Gasteiger partial charge is 0.311 e. The summed E-state index contributed by atoms with van der Waals surface area (Å²) in [6, 6.07) is 10.1. The van der Waals surface area contributed by atoms with E-state index < -0.39 is 11.2 Å². The van der Waals surface area contributed by atoms with E-state index in [-0.39, 0.29) is 0 Å². The zero-order valence-corrected chi connectivity index (χ0v) is 14.1. The van der Waals surface area contributed by atoms with Crippen molar-refractivity contribution < 1.29 is 0 Å². The van der Waals surface area contributed by atoms with Crippen LogP contribution in [0.15, 0.2) is 44.7 Å². The van der Waals surface area contributed by atoms with Gasteiger partial charge in [-0.05, 0) is 21.5 Å². The van der Waals surface area contributed by atoms with E-state index in [1.54, 1.807) is 11.6 Å². The second-order valence-electron chi connectivity index (χ2n) is 5.19. The molecule has 120 valence electrons. The summed E-state index contributed by atoms with van der Waals surface area (Å²) in [4.78, 5) is 30.3. The topological polar surface area (TPSA) is 84.7 Å². The average molecular weight is 378 g/mol. The molecule has 0 amide bonds. The summed E-state index contributed by atoms with van der Waals surface area (Å²) in [7, 11) is 1.58. The molecule has 2 aromatic heterocycles. The van der Waals surface area contributed by atoms with Crippen molar-refractivity contribution in [3.05, 3.63) is 61.5 Å². The van der Waals surface area contributed by atoms with Gasteiger partial charge in [-0.15, -0.1) is 0 Å². The summed E-state index contributed by atoms with van der Waals surface area (Å²) in [5, 5.41) is 3.33. The Labute approximate surface area is 140 Å². The largest absolute Gasteiger partial charge is 0.329 e. The van der Waals surface area contributed by atoms with Crippen LogP contribution in [0.5, 0.6) is 0 Å². The zero-order valence-electron chi connectivity index (χ0n) is 12.5. The van der Waals surface area contributed by atoms with Crippen molar-refractivity contribution in [3.8, 4) is 0 Å². The summed E-state index contributed by atoms with van der Waals surface area (Å²) < 4.78 is 3.61. The Bertz CT molecular complexity index is 942. The molecule has 0 saturated carbocycles. The number of fused-ring (bicyclic) bond motifs is 1. The van der Waals surface area contributed by atoms with E-state index in [1.807, 2.05) is 18.2 Å². The molecule has 1 aromatic carbocycles. The standard InChI is InChI=1S/C15H16BrN5O2/c1-20-12-11(13(22)19-15(20)23)21(14(16)18-12)8-7-17-9-10-5-3-2-4-6-10/h2-6,17H,7-9H2,1H3,(H,19,22,23). The molecule has 0 saturated heterocycles. The van der Waals surface area contributed by atoms with Gasteiger partial charge in [-0.3, -0.25) is 14.3 Å². The number of aryl methyl sites for hydroxylation is 1. The van der Waals surface area contributed by atoms with Gasteiger partial charge in [0.25, 0.3) is 5.56 Å². The summed E-state index contributed by atoms with van der Waals surface area (Å²) in [5.74, 6) is 0. The van der Waals surface area contributed by atoms with Crippen molar-refractivity contribution in [3.63, 3.8) is 0 Å². The molecule has 0 atom stereocenters. The Morgan fingerprint density at radius 1 is 1.26 bits per heavy atom. The molecule has 0 aliphatic heterocycles. The third kappa shape index (κ3) is 3.13. The van der Waals surface area contributed by atoms with E-state index in [0.717, 1.165) is 6.54 Å². The Hall–Kier alpha value is -2.19. The first kappa shape index (κ1) is 15.7. The van der Waals surface area contributed by atoms with Crippen molar-refractivity contribution in [2.24, 2.45) is 7.05 Å². The number of rotatable bonds is 5. The fraction of sp³-hybridized carbons (Fsp3) is 0.267. The first-order valence-electron chi connectivity index (χ1n) is 7.17. The monoisotopic (exact) mass is 377 g/mol. The van der Waals surface area contributed by atoms with Gasteiger partial charge in [0.1, 0.15) is 0 Å². The van der Waals surface area contributed by atoms with E-state index in [9.17, 15) is 9.59 Å². The summed E-state index contributed by atoms with van der Waals surface area (Å²) in [6.07, 6.45) is 0.